The number of hydrogen-bond donors (Lipinski definition) is 1. The van der Waals surface area contributed by atoms with Gasteiger partial charge in [0.25, 0.3) is 0 Å². The third-order valence-corrected chi connectivity index (χ3v) is 3.28. The van der Waals surface area contributed by atoms with E-state index in [1.165, 1.54) is 0 Å². The van der Waals surface area contributed by atoms with Gasteiger partial charge in [-0.25, -0.2) is 14.8 Å². The Morgan fingerprint density at radius 2 is 2.33 bits per heavy atom. The topological polar surface area (TPSA) is 63.6 Å². The highest BCUT2D eigenvalue weighted by atomic mass is 31.1. The zero-order valence-electron chi connectivity index (χ0n) is 10.6. The molecule has 0 saturated carbocycles. The smallest absolute Gasteiger partial charge is 0.289 e. The number of imidazole rings is 1. The average Bonchev–Trinajstić information content (AvgIpc) is 2.63. The van der Waals surface area contributed by atoms with Crippen LogP contribution in [0, 0.1) is 0 Å². The summed E-state index contributed by atoms with van der Waals surface area (Å²) in [5, 5.41) is 0. The second-order valence-electron chi connectivity index (χ2n) is 4.30. The van der Waals surface area contributed by atoms with Crippen LogP contribution in [-0.4, -0.2) is 25.8 Å². The predicted octanol–water partition coefficient (Wildman–Crippen LogP) is 2.44. The van der Waals surface area contributed by atoms with E-state index in [0.717, 1.165) is 19.5 Å². The zero-order chi connectivity index (χ0) is 13.3. The van der Waals surface area contributed by atoms with Crippen molar-refractivity contribution >= 4 is 31.9 Å². The van der Waals surface area contributed by atoms with E-state index in [1.54, 1.807) is 10.8 Å². The number of nitrogens with one attached hydrogen (secondary N) is 1. The van der Waals surface area contributed by atoms with Gasteiger partial charge in [-0.15, -0.1) is 0 Å². The number of rotatable bonds is 3. The van der Waals surface area contributed by atoms with Crippen LogP contribution in [-0.2, 0) is 0 Å². The number of aromatic nitrogens is 4. The van der Waals surface area contributed by atoms with Gasteiger partial charge in [-0.2, -0.15) is 0 Å². The summed E-state index contributed by atoms with van der Waals surface area (Å²) in [5.41, 5.74) is 2.79. The van der Waals surface area contributed by atoms with Gasteiger partial charge in [-0.1, -0.05) is 20.1 Å². The molecule has 18 heavy (non-hydrogen) atoms. The summed E-state index contributed by atoms with van der Waals surface area (Å²) >= 11 is 0. The zero-order valence-corrected chi connectivity index (χ0v) is 11.5. The number of allylic oxidation sites excluding steroid dienone is 1. The van der Waals surface area contributed by atoms with Crippen LogP contribution in [0.5, 0.6) is 0 Å². The van der Waals surface area contributed by atoms with Crippen molar-refractivity contribution in [1.29, 1.82) is 0 Å². The third kappa shape index (κ3) is 2.27. The first-order valence-corrected chi connectivity index (χ1v) is 6.76. The second-order valence-corrected chi connectivity index (χ2v) is 5.42. The minimum absolute atomic E-state index is 0.0255. The lowest BCUT2D eigenvalue weighted by Gasteiger charge is -2.06. The van der Waals surface area contributed by atoms with Gasteiger partial charge in [0.2, 0.25) is 0 Å². The SMILES string of the molecule is C=P[C@H](C)n1c(=O)[nH]c2ncc(C=C(C)C)nc21. The molecular weight excluding hydrogens is 247 g/mol. The van der Waals surface area contributed by atoms with E-state index in [0.29, 0.717) is 11.3 Å². The van der Waals surface area contributed by atoms with Gasteiger partial charge in [0, 0.05) is 0 Å². The van der Waals surface area contributed by atoms with Gasteiger partial charge in [0.1, 0.15) is 0 Å². The quantitative estimate of drug-likeness (QED) is 0.864. The highest BCUT2D eigenvalue weighted by molar-refractivity contribution is 7.36. The van der Waals surface area contributed by atoms with Crippen molar-refractivity contribution in [2.45, 2.75) is 26.6 Å². The van der Waals surface area contributed by atoms with Crippen LogP contribution in [0.3, 0.4) is 0 Å². The van der Waals surface area contributed by atoms with E-state index >= 15 is 0 Å². The maximum atomic E-state index is 11.9. The molecule has 6 heteroatoms. The Kier molecular flexibility index (Phi) is 3.43. The lowest BCUT2D eigenvalue weighted by Crippen LogP contribution is -2.17. The lowest BCUT2D eigenvalue weighted by atomic mass is 10.3. The van der Waals surface area contributed by atoms with Gasteiger partial charge >= 0.3 is 5.69 Å². The number of hydrogen-bond acceptors (Lipinski definition) is 3. The molecule has 2 aromatic heterocycles. The Balaban J connectivity index is 2.70. The van der Waals surface area contributed by atoms with E-state index in [4.69, 9.17) is 0 Å². The fourth-order valence-corrected chi connectivity index (χ4v) is 2.08. The summed E-state index contributed by atoms with van der Waals surface area (Å²) in [6.45, 7) is 5.92. The molecule has 94 valence electrons. The monoisotopic (exact) mass is 262 g/mol. The van der Waals surface area contributed by atoms with E-state index < -0.39 is 0 Å². The fraction of sp³-hybridized carbons (Fsp3) is 0.333. The predicted molar refractivity (Wildman–Crippen MR) is 76.2 cm³/mol. The third-order valence-electron chi connectivity index (χ3n) is 2.52. The molecule has 0 aliphatic carbocycles. The van der Waals surface area contributed by atoms with Gasteiger partial charge in [-0.3, -0.25) is 9.55 Å². The Labute approximate surface area is 106 Å². The van der Waals surface area contributed by atoms with Crippen LogP contribution in [0.25, 0.3) is 17.4 Å². The van der Waals surface area contributed by atoms with Crippen LogP contribution in [0.2, 0.25) is 0 Å². The lowest BCUT2D eigenvalue weighted by molar-refractivity contribution is 0.723. The molecule has 0 amide bonds. The average molecular weight is 262 g/mol. The van der Waals surface area contributed by atoms with Crippen molar-refractivity contribution in [3.63, 3.8) is 0 Å². The van der Waals surface area contributed by atoms with E-state index in [1.807, 2.05) is 26.8 Å². The minimum atomic E-state index is -0.192. The highest BCUT2D eigenvalue weighted by Crippen LogP contribution is 2.20. The molecule has 0 spiro atoms. The van der Waals surface area contributed by atoms with Crippen molar-refractivity contribution in [1.82, 2.24) is 19.5 Å². The molecule has 0 bridgehead atoms. The van der Waals surface area contributed by atoms with Crippen LogP contribution < -0.4 is 5.69 Å². The van der Waals surface area contributed by atoms with Crippen molar-refractivity contribution in [2.75, 3.05) is 0 Å². The molecule has 0 unspecified atom stereocenters. The molecule has 2 aromatic rings. The van der Waals surface area contributed by atoms with Crippen molar-refractivity contribution in [3.05, 3.63) is 27.9 Å². The van der Waals surface area contributed by atoms with Gasteiger partial charge in [0.05, 0.1) is 17.7 Å². The summed E-state index contributed by atoms with van der Waals surface area (Å²) in [6.07, 6.45) is 7.39. The minimum Gasteiger partial charge on any atom is -0.289 e. The van der Waals surface area contributed by atoms with Crippen LogP contribution in [0.15, 0.2) is 16.6 Å². The van der Waals surface area contributed by atoms with Crippen molar-refractivity contribution < 1.29 is 0 Å². The summed E-state index contributed by atoms with van der Waals surface area (Å²) < 4.78 is 1.60. The normalized spacial score (nSPS) is 12.8. The van der Waals surface area contributed by atoms with Gasteiger partial charge < -0.3 is 0 Å². The van der Waals surface area contributed by atoms with Crippen molar-refractivity contribution in [3.8, 4) is 0 Å². The second kappa shape index (κ2) is 4.86. The van der Waals surface area contributed by atoms with Crippen LogP contribution in [0.4, 0.5) is 0 Å². The number of fused-ring (bicyclic) bond motifs is 1. The molecule has 0 aliphatic rings. The van der Waals surface area contributed by atoms with E-state index in [2.05, 4.69) is 21.3 Å². The van der Waals surface area contributed by atoms with Crippen LogP contribution in [0.1, 0.15) is 32.2 Å². The first-order valence-electron chi connectivity index (χ1n) is 5.61. The Morgan fingerprint density at radius 3 is 2.94 bits per heavy atom. The Bertz CT molecular complexity index is 679. The van der Waals surface area contributed by atoms with Crippen LogP contribution >= 0.6 is 8.20 Å². The Hall–Kier alpha value is -1.74. The number of aromatic amines is 1. The largest absolute Gasteiger partial charge is 0.329 e. The maximum Gasteiger partial charge on any atom is 0.329 e. The molecule has 0 saturated heterocycles. The molecule has 0 fully saturated rings. The molecular formula is C12H15N4OP. The molecule has 0 aromatic carbocycles. The summed E-state index contributed by atoms with van der Waals surface area (Å²) in [6, 6.07) is 0. The van der Waals surface area contributed by atoms with Gasteiger partial charge in [0.15, 0.2) is 11.3 Å². The number of H-pyrrole nitrogens is 1. The molecule has 0 radical (unpaired) electrons. The highest BCUT2D eigenvalue weighted by Gasteiger charge is 2.13. The number of nitrogens with zero attached hydrogens (tertiary/aromatic N) is 3. The maximum absolute atomic E-state index is 11.9. The van der Waals surface area contributed by atoms with Gasteiger partial charge in [-0.05, 0) is 26.8 Å². The molecule has 5 nitrogen and oxygen atoms in total. The summed E-state index contributed by atoms with van der Waals surface area (Å²) in [4.78, 5) is 23.2. The fourth-order valence-electron chi connectivity index (χ4n) is 1.70. The summed E-state index contributed by atoms with van der Waals surface area (Å²) in [7, 11) is 0.865. The first kappa shape index (κ1) is 12.7. The van der Waals surface area contributed by atoms with E-state index in [-0.39, 0.29) is 11.5 Å². The molecule has 1 N–H and O–H groups in total. The molecule has 1 atom stereocenters. The Morgan fingerprint density at radius 1 is 1.61 bits per heavy atom. The first-order chi connectivity index (χ1) is 8.52. The standard InChI is InChI=1S/C12H15N4OP/c1-7(2)5-9-6-13-10-11(14-9)16(8(3)18-4)12(17)15-10/h5-6,8H,4H2,1-3H3,(H,13,15,17)/t8-/m1/s1. The van der Waals surface area contributed by atoms with Crippen molar-refractivity contribution in [2.24, 2.45) is 0 Å². The molecule has 2 heterocycles. The van der Waals surface area contributed by atoms with E-state index in [9.17, 15) is 4.79 Å². The molecule has 2 rings (SSSR count). The summed E-state index contributed by atoms with van der Waals surface area (Å²) in [5.74, 6) is -0.0255. The molecule has 0 aliphatic heterocycles.